The number of piperazine rings is 1. The predicted octanol–water partition coefficient (Wildman–Crippen LogP) is 4.60. The van der Waals surface area contributed by atoms with Gasteiger partial charge in [-0.15, -0.1) is 0 Å². The second-order valence-electron chi connectivity index (χ2n) is 11.2. The molecule has 2 atom stereocenters. The highest BCUT2D eigenvalue weighted by Crippen LogP contribution is 2.40. The van der Waals surface area contributed by atoms with E-state index in [1.54, 1.807) is 0 Å². The van der Waals surface area contributed by atoms with Gasteiger partial charge < -0.3 is 10.2 Å². The maximum absolute atomic E-state index is 4.91. The second-order valence-corrected chi connectivity index (χ2v) is 11.2. The molecule has 40 heavy (non-hydrogen) atoms. The molecule has 0 amide bonds. The van der Waals surface area contributed by atoms with Crippen molar-refractivity contribution in [2.24, 2.45) is 0 Å². The Bertz CT molecular complexity index is 1660. The van der Waals surface area contributed by atoms with Crippen molar-refractivity contribution in [3.63, 3.8) is 0 Å². The zero-order valence-electron chi connectivity index (χ0n) is 22.3. The minimum absolute atomic E-state index is 0.517. The molecule has 9 rings (SSSR count). The van der Waals surface area contributed by atoms with E-state index in [1.165, 1.54) is 25.0 Å². The van der Waals surface area contributed by atoms with Gasteiger partial charge in [0.1, 0.15) is 11.6 Å². The van der Waals surface area contributed by atoms with Crippen LogP contribution in [-0.2, 0) is 6.54 Å². The third-order valence-corrected chi connectivity index (χ3v) is 8.32. The number of hydrogen-bond acceptors (Lipinski definition) is 9. The summed E-state index contributed by atoms with van der Waals surface area (Å²) >= 11 is 0. The van der Waals surface area contributed by atoms with Crippen molar-refractivity contribution >= 4 is 28.4 Å². The summed E-state index contributed by atoms with van der Waals surface area (Å²) in [6.45, 7) is 4.77. The number of hydrogen-bond donors (Lipinski definition) is 2. The van der Waals surface area contributed by atoms with E-state index < -0.39 is 0 Å². The van der Waals surface area contributed by atoms with Crippen LogP contribution in [0.4, 0.5) is 17.5 Å². The van der Waals surface area contributed by atoms with E-state index in [0.29, 0.717) is 23.8 Å². The van der Waals surface area contributed by atoms with Gasteiger partial charge in [0, 0.05) is 78.9 Å². The molecule has 200 valence electrons. The molecule has 10 nitrogen and oxygen atoms in total. The summed E-state index contributed by atoms with van der Waals surface area (Å²) in [6.07, 6.45) is 9.33. The molecule has 0 spiro atoms. The molecule has 10 heteroatoms. The first-order valence-electron chi connectivity index (χ1n) is 14.0. The van der Waals surface area contributed by atoms with Crippen molar-refractivity contribution in [1.29, 1.82) is 0 Å². The molecule has 1 saturated carbocycles. The molecule has 0 radical (unpaired) electrons. The average molecular weight is 531 g/mol. The summed E-state index contributed by atoms with van der Waals surface area (Å²) in [6, 6.07) is 15.4. The lowest BCUT2D eigenvalue weighted by molar-refractivity contribution is -0.00977. The van der Waals surface area contributed by atoms with Crippen LogP contribution in [-0.4, -0.2) is 65.2 Å². The number of piperidine rings is 1. The fraction of sp³-hybridized carbons (Fsp3) is 0.333. The zero-order valence-corrected chi connectivity index (χ0v) is 22.3. The first kappa shape index (κ1) is 23.4. The van der Waals surface area contributed by atoms with Crippen LogP contribution in [0.15, 0.2) is 61.1 Å². The lowest BCUT2D eigenvalue weighted by Gasteiger charge is -2.56. The van der Waals surface area contributed by atoms with Gasteiger partial charge in [-0.05, 0) is 50.5 Å². The number of anilines is 3. The van der Waals surface area contributed by atoms with Crippen molar-refractivity contribution in [3.05, 3.63) is 78.1 Å². The van der Waals surface area contributed by atoms with Crippen LogP contribution in [0.5, 0.6) is 0 Å². The van der Waals surface area contributed by atoms with Gasteiger partial charge in [-0.1, -0.05) is 12.1 Å². The summed E-state index contributed by atoms with van der Waals surface area (Å²) in [5.74, 6) is 3.77. The maximum Gasteiger partial charge on any atom is 0.163 e. The molecule has 4 aromatic heterocycles. The van der Waals surface area contributed by atoms with E-state index in [1.807, 2.05) is 49.8 Å². The van der Waals surface area contributed by atoms with Crippen molar-refractivity contribution < 1.29 is 0 Å². The van der Waals surface area contributed by atoms with Gasteiger partial charge in [0.25, 0.3) is 0 Å². The fourth-order valence-corrected chi connectivity index (χ4v) is 5.95. The van der Waals surface area contributed by atoms with Gasteiger partial charge in [0.2, 0.25) is 0 Å². The number of nitrogens with one attached hydrogen (secondary N) is 2. The minimum atomic E-state index is 0.517. The van der Waals surface area contributed by atoms with Gasteiger partial charge in [-0.2, -0.15) is 5.10 Å². The largest absolute Gasteiger partial charge is 0.353 e. The SMILES string of the molecule is Cc1cnc(CN2C3CC2CN(c2ccc(-c4nc(Nc5cc(C6CC6)[nH]n5)c5ccccc5n4)cn2)C3)cn1. The van der Waals surface area contributed by atoms with Crippen LogP contribution in [0.1, 0.15) is 42.3 Å². The van der Waals surface area contributed by atoms with Gasteiger partial charge in [0.15, 0.2) is 11.6 Å². The number of aromatic nitrogens is 7. The van der Waals surface area contributed by atoms with E-state index in [9.17, 15) is 0 Å². The van der Waals surface area contributed by atoms with E-state index >= 15 is 0 Å². The molecule has 1 aliphatic carbocycles. The molecule has 7 heterocycles. The predicted molar refractivity (Wildman–Crippen MR) is 153 cm³/mol. The van der Waals surface area contributed by atoms with Crippen LogP contribution in [0.25, 0.3) is 22.3 Å². The number of fused-ring (bicyclic) bond motifs is 3. The van der Waals surface area contributed by atoms with E-state index in [0.717, 1.165) is 64.9 Å². The number of rotatable bonds is 7. The van der Waals surface area contributed by atoms with Crippen LogP contribution in [0.3, 0.4) is 0 Å². The molecule has 5 aromatic rings. The first-order valence-corrected chi connectivity index (χ1v) is 14.0. The molecule has 1 aromatic carbocycles. The Kier molecular flexibility index (Phi) is 5.47. The quantitative estimate of drug-likeness (QED) is 0.312. The molecule has 2 N–H and O–H groups in total. The molecule has 4 aliphatic rings. The van der Waals surface area contributed by atoms with Crippen molar-refractivity contribution in [1.82, 2.24) is 40.0 Å². The summed E-state index contributed by atoms with van der Waals surface area (Å²) in [5, 5.41) is 12.0. The second kappa shape index (κ2) is 9.34. The number of H-pyrrole nitrogens is 1. The summed E-state index contributed by atoms with van der Waals surface area (Å²) in [4.78, 5) is 28.5. The van der Waals surface area contributed by atoms with Crippen molar-refractivity contribution in [2.75, 3.05) is 23.3 Å². The van der Waals surface area contributed by atoms with Crippen molar-refractivity contribution in [3.8, 4) is 11.4 Å². The number of pyridine rings is 1. The van der Waals surface area contributed by atoms with Crippen LogP contribution < -0.4 is 10.2 Å². The van der Waals surface area contributed by atoms with Crippen molar-refractivity contribution in [2.45, 2.75) is 50.7 Å². The highest BCUT2D eigenvalue weighted by Gasteiger charge is 2.44. The molecule has 3 aliphatic heterocycles. The third-order valence-electron chi connectivity index (χ3n) is 8.32. The Morgan fingerprint density at radius 2 is 1.82 bits per heavy atom. The van der Waals surface area contributed by atoms with E-state index in [4.69, 9.17) is 15.0 Å². The molecule has 4 fully saturated rings. The Morgan fingerprint density at radius 1 is 0.950 bits per heavy atom. The van der Waals surface area contributed by atoms with Gasteiger partial charge in [-0.3, -0.25) is 20.0 Å². The smallest absolute Gasteiger partial charge is 0.163 e. The highest BCUT2D eigenvalue weighted by atomic mass is 15.4. The fourth-order valence-electron chi connectivity index (χ4n) is 5.95. The Labute approximate surface area is 231 Å². The van der Waals surface area contributed by atoms with E-state index in [2.05, 4.69) is 53.5 Å². The minimum Gasteiger partial charge on any atom is -0.353 e. The Balaban J connectivity index is 1.00. The van der Waals surface area contributed by atoms with Gasteiger partial charge >= 0.3 is 0 Å². The number of aryl methyl sites for hydroxylation is 1. The number of benzene rings is 1. The molecule has 3 saturated heterocycles. The number of aromatic amines is 1. The highest BCUT2D eigenvalue weighted by molar-refractivity contribution is 5.92. The normalized spacial score (nSPS) is 20.5. The monoisotopic (exact) mass is 530 g/mol. The lowest BCUT2D eigenvalue weighted by Crippen LogP contribution is -2.68. The standard InChI is InChI=1S/C30H30N10/c1-18-12-32-21(14-31-18)15-40-22-10-23(40)17-39(16-22)28-9-8-20(13-33-28)29-34-25-5-3-2-4-24(25)30(36-29)35-27-11-26(37-38-27)19-6-7-19/h2-5,8-9,11-14,19,22-23H,6-7,10,15-17H2,1H3,(H2,34,35,36,37,38). The van der Waals surface area contributed by atoms with E-state index in [-0.39, 0.29) is 0 Å². The Hall–Kier alpha value is -4.44. The molecular weight excluding hydrogens is 500 g/mol. The number of para-hydroxylation sites is 1. The molecular formula is C30H30N10. The van der Waals surface area contributed by atoms with Crippen LogP contribution in [0, 0.1) is 6.92 Å². The maximum atomic E-state index is 4.91. The lowest BCUT2D eigenvalue weighted by atomic mass is 9.87. The number of nitrogens with zero attached hydrogens (tertiary/aromatic N) is 8. The zero-order chi connectivity index (χ0) is 26.6. The van der Waals surface area contributed by atoms with Crippen LogP contribution >= 0.6 is 0 Å². The Morgan fingerprint density at radius 3 is 2.60 bits per heavy atom. The topological polar surface area (TPSA) is 112 Å². The first-order chi connectivity index (χ1) is 19.7. The van der Waals surface area contributed by atoms with Gasteiger partial charge in [0.05, 0.1) is 16.9 Å². The van der Waals surface area contributed by atoms with Gasteiger partial charge in [-0.25, -0.2) is 15.0 Å². The average Bonchev–Trinajstić information content (AvgIpc) is 3.75. The van der Waals surface area contributed by atoms with Crippen LogP contribution in [0.2, 0.25) is 0 Å². The third kappa shape index (κ3) is 4.34. The summed E-state index contributed by atoms with van der Waals surface area (Å²) < 4.78 is 0. The summed E-state index contributed by atoms with van der Waals surface area (Å²) in [7, 11) is 0. The summed E-state index contributed by atoms with van der Waals surface area (Å²) in [5.41, 5.74) is 4.95. The molecule has 2 bridgehead atoms. The molecule has 2 unspecified atom stereocenters.